The highest BCUT2D eigenvalue weighted by Crippen LogP contribution is 2.07. The third kappa shape index (κ3) is 5.75. The minimum Gasteiger partial charge on any atom is -0.314 e. The van der Waals surface area contributed by atoms with Crippen LogP contribution in [0.4, 0.5) is 0 Å². The van der Waals surface area contributed by atoms with E-state index in [0.717, 1.165) is 6.54 Å². The fourth-order valence-electron chi connectivity index (χ4n) is 2.79. The number of rotatable bonds is 8. The molecule has 1 aliphatic heterocycles. The number of nitrogens with one attached hydrogen (secondary N) is 1. The number of nitrogens with zero attached hydrogens (tertiary/aromatic N) is 1. The molecule has 19 heavy (non-hydrogen) atoms. The number of hydrogen-bond acceptors (Lipinski definition) is 2. The second-order valence-corrected chi connectivity index (χ2v) is 5.78. The summed E-state index contributed by atoms with van der Waals surface area (Å²) in [5, 5.41) is 3.65. The van der Waals surface area contributed by atoms with E-state index in [4.69, 9.17) is 0 Å². The fraction of sp³-hybridized carbons (Fsp3) is 0.647. The van der Waals surface area contributed by atoms with Crippen molar-refractivity contribution in [1.82, 2.24) is 10.2 Å². The van der Waals surface area contributed by atoms with Crippen molar-refractivity contribution >= 4 is 0 Å². The van der Waals surface area contributed by atoms with Crippen LogP contribution in [0, 0.1) is 0 Å². The zero-order valence-electron chi connectivity index (χ0n) is 12.3. The monoisotopic (exact) mass is 260 g/mol. The molecule has 1 aliphatic rings. The van der Waals surface area contributed by atoms with Gasteiger partial charge in [-0.05, 0) is 70.8 Å². The second-order valence-electron chi connectivity index (χ2n) is 5.78. The van der Waals surface area contributed by atoms with Crippen LogP contribution >= 0.6 is 0 Å². The molecule has 0 spiro atoms. The van der Waals surface area contributed by atoms with Gasteiger partial charge in [-0.2, -0.15) is 0 Å². The van der Waals surface area contributed by atoms with E-state index in [1.165, 1.54) is 57.3 Å². The molecule has 2 nitrogen and oxygen atoms in total. The Kier molecular flexibility index (Phi) is 6.38. The normalized spacial score (nSPS) is 17.7. The van der Waals surface area contributed by atoms with Crippen molar-refractivity contribution in [3.05, 3.63) is 35.9 Å². The predicted molar refractivity (Wildman–Crippen MR) is 82.5 cm³/mol. The van der Waals surface area contributed by atoms with Crippen molar-refractivity contribution in [2.75, 3.05) is 26.2 Å². The first kappa shape index (κ1) is 14.5. The number of likely N-dealkylation sites (tertiary alicyclic amines) is 1. The van der Waals surface area contributed by atoms with Gasteiger partial charge in [0.25, 0.3) is 0 Å². The van der Waals surface area contributed by atoms with E-state index >= 15 is 0 Å². The molecule has 1 unspecified atom stereocenters. The molecular weight excluding hydrogens is 232 g/mol. The highest BCUT2D eigenvalue weighted by molar-refractivity contribution is 5.14. The first-order valence-corrected chi connectivity index (χ1v) is 7.84. The summed E-state index contributed by atoms with van der Waals surface area (Å²) in [7, 11) is 0. The average Bonchev–Trinajstić information content (AvgIpc) is 2.96. The highest BCUT2D eigenvalue weighted by Gasteiger charge is 2.10. The predicted octanol–water partition coefficient (Wildman–Crippen LogP) is 3.08. The van der Waals surface area contributed by atoms with Crippen molar-refractivity contribution in [3.63, 3.8) is 0 Å². The SMILES string of the molecule is CC(CCc1ccccc1)NCCCN1CCCC1. The second kappa shape index (κ2) is 8.34. The molecule has 1 N–H and O–H groups in total. The molecule has 0 amide bonds. The van der Waals surface area contributed by atoms with Gasteiger partial charge in [0, 0.05) is 6.04 Å². The molecule has 2 heteroatoms. The van der Waals surface area contributed by atoms with E-state index in [1.807, 2.05) is 0 Å². The lowest BCUT2D eigenvalue weighted by Gasteiger charge is -2.17. The van der Waals surface area contributed by atoms with Crippen LogP contribution in [0.2, 0.25) is 0 Å². The lowest BCUT2D eigenvalue weighted by Crippen LogP contribution is -2.30. The van der Waals surface area contributed by atoms with Crippen LogP contribution < -0.4 is 5.32 Å². The van der Waals surface area contributed by atoms with Crippen LogP contribution in [0.3, 0.4) is 0 Å². The molecule has 0 aliphatic carbocycles. The lowest BCUT2D eigenvalue weighted by molar-refractivity contribution is 0.327. The van der Waals surface area contributed by atoms with Gasteiger partial charge in [-0.25, -0.2) is 0 Å². The van der Waals surface area contributed by atoms with Gasteiger partial charge in [0.05, 0.1) is 0 Å². The van der Waals surface area contributed by atoms with Crippen LogP contribution in [-0.2, 0) is 6.42 Å². The quantitative estimate of drug-likeness (QED) is 0.723. The van der Waals surface area contributed by atoms with E-state index in [0.29, 0.717) is 6.04 Å². The summed E-state index contributed by atoms with van der Waals surface area (Å²) in [6.45, 7) is 7.39. The van der Waals surface area contributed by atoms with Crippen LogP contribution in [0.25, 0.3) is 0 Å². The van der Waals surface area contributed by atoms with E-state index in [9.17, 15) is 0 Å². The molecule has 1 aromatic carbocycles. The molecule has 1 aromatic rings. The van der Waals surface area contributed by atoms with Gasteiger partial charge in [0.1, 0.15) is 0 Å². The molecule has 1 saturated heterocycles. The van der Waals surface area contributed by atoms with Crippen molar-refractivity contribution in [2.24, 2.45) is 0 Å². The first-order valence-electron chi connectivity index (χ1n) is 7.84. The summed E-state index contributed by atoms with van der Waals surface area (Å²) >= 11 is 0. The standard InChI is InChI=1S/C17H28N2/c1-16(10-11-17-8-3-2-4-9-17)18-12-7-15-19-13-5-6-14-19/h2-4,8-9,16,18H,5-7,10-15H2,1H3. The van der Waals surface area contributed by atoms with Crippen LogP contribution in [0.1, 0.15) is 38.2 Å². The molecular formula is C17H28N2. The molecule has 106 valence electrons. The van der Waals surface area contributed by atoms with Gasteiger partial charge in [0.15, 0.2) is 0 Å². The van der Waals surface area contributed by atoms with E-state index in [1.54, 1.807) is 0 Å². The molecule has 0 saturated carbocycles. The van der Waals surface area contributed by atoms with Gasteiger partial charge in [-0.1, -0.05) is 30.3 Å². The molecule has 1 atom stereocenters. The maximum Gasteiger partial charge on any atom is 0.00419 e. The van der Waals surface area contributed by atoms with Crippen LogP contribution in [0.15, 0.2) is 30.3 Å². The smallest absolute Gasteiger partial charge is 0.00419 e. The minimum absolute atomic E-state index is 0.624. The zero-order chi connectivity index (χ0) is 13.3. The molecule has 0 bridgehead atoms. The van der Waals surface area contributed by atoms with Crippen LogP contribution in [-0.4, -0.2) is 37.1 Å². The van der Waals surface area contributed by atoms with Gasteiger partial charge in [0.2, 0.25) is 0 Å². The van der Waals surface area contributed by atoms with Crippen LogP contribution in [0.5, 0.6) is 0 Å². The minimum atomic E-state index is 0.624. The number of hydrogen-bond donors (Lipinski definition) is 1. The highest BCUT2D eigenvalue weighted by atomic mass is 15.1. The first-order chi connectivity index (χ1) is 9.34. The van der Waals surface area contributed by atoms with E-state index in [2.05, 4.69) is 47.5 Å². The van der Waals surface area contributed by atoms with Gasteiger partial charge >= 0.3 is 0 Å². The van der Waals surface area contributed by atoms with Gasteiger partial charge < -0.3 is 10.2 Å². The summed E-state index contributed by atoms with van der Waals surface area (Å²) in [6.07, 6.45) is 6.51. The Balaban J connectivity index is 1.51. The third-order valence-corrected chi connectivity index (χ3v) is 4.05. The Morgan fingerprint density at radius 3 is 2.63 bits per heavy atom. The molecule has 1 fully saturated rings. The fourth-order valence-corrected chi connectivity index (χ4v) is 2.79. The summed E-state index contributed by atoms with van der Waals surface area (Å²) < 4.78 is 0. The maximum absolute atomic E-state index is 3.65. The molecule has 1 heterocycles. The van der Waals surface area contributed by atoms with Crippen molar-refractivity contribution in [3.8, 4) is 0 Å². The Bertz CT molecular complexity index is 330. The molecule has 0 radical (unpaired) electrons. The van der Waals surface area contributed by atoms with Crippen molar-refractivity contribution < 1.29 is 0 Å². The van der Waals surface area contributed by atoms with Crippen molar-refractivity contribution in [1.29, 1.82) is 0 Å². The lowest BCUT2D eigenvalue weighted by atomic mass is 10.1. The molecule has 2 rings (SSSR count). The largest absolute Gasteiger partial charge is 0.314 e. The average molecular weight is 260 g/mol. The summed E-state index contributed by atoms with van der Waals surface area (Å²) in [5.74, 6) is 0. The number of benzene rings is 1. The summed E-state index contributed by atoms with van der Waals surface area (Å²) in [4.78, 5) is 2.59. The van der Waals surface area contributed by atoms with E-state index in [-0.39, 0.29) is 0 Å². The Morgan fingerprint density at radius 1 is 1.16 bits per heavy atom. The topological polar surface area (TPSA) is 15.3 Å². The van der Waals surface area contributed by atoms with Crippen molar-refractivity contribution in [2.45, 2.75) is 45.1 Å². The molecule has 0 aromatic heterocycles. The van der Waals surface area contributed by atoms with Gasteiger partial charge in [-0.3, -0.25) is 0 Å². The Morgan fingerprint density at radius 2 is 1.89 bits per heavy atom. The maximum atomic E-state index is 3.65. The zero-order valence-corrected chi connectivity index (χ0v) is 12.3. The van der Waals surface area contributed by atoms with Gasteiger partial charge in [-0.15, -0.1) is 0 Å². The Hall–Kier alpha value is -0.860. The third-order valence-electron chi connectivity index (χ3n) is 4.05. The summed E-state index contributed by atoms with van der Waals surface area (Å²) in [6, 6.07) is 11.4. The summed E-state index contributed by atoms with van der Waals surface area (Å²) in [5.41, 5.74) is 1.45. The number of aryl methyl sites for hydroxylation is 1. The Labute approximate surface area is 118 Å². The van der Waals surface area contributed by atoms with E-state index < -0.39 is 0 Å².